The van der Waals surface area contributed by atoms with Crippen molar-refractivity contribution in [1.29, 1.82) is 0 Å². The maximum Gasteiger partial charge on any atom is 0.407 e. The summed E-state index contributed by atoms with van der Waals surface area (Å²) >= 11 is 0. The fourth-order valence-electron chi connectivity index (χ4n) is 4.29. The first-order chi connectivity index (χ1) is 15.9. The summed E-state index contributed by atoms with van der Waals surface area (Å²) < 4.78 is 5.56. The number of aliphatic carboxylic acids is 1. The molecule has 1 aliphatic carbocycles. The Morgan fingerprint density at radius 2 is 1.61 bits per heavy atom. The van der Waals surface area contributed by atoms with Crippen LogP contribution in [0.5, 0.6) is 0 Å². The predicted molar refractivity (Wildman–Crippen MR) is 126 cm³/mol. The molecule has 7 heteroatoms. The van der Waals surface area contributed by atoms with Crippen LogP contribution in [0.3, 0.4) is 0 Å². The first-order valence-corrected chi connectivity index (χ1v) is 11.5. The van der Waals surface area contributed by atoms with Crippen molar-refractivity contribution < 1.29 is 24.2 Å². The lowest BCUT2D eigenvalue weighted by Crippen LogP contribution is -2.36. The highest BCUT2D eigenvalue weighted by atomic mass is 16.5. The molecule has 176 valence electrons. The van der Waals surface area contributed by atoms with Crippen molar-refractivity contribution in [3.63, 3.8) is 0 Å². The summed E-state index contributed by atoms with van der Waals surface area (Å²) in [5.74, 6) is -1.08. The molecule has 0 radical (unpaired) electrons. The van der Waals surface area contributed by atoms with Gasteiger partial charge in [-0.25, -0.2) is 4.79 Å². The summed E-state index contributed by atoms with van der Waals surface area (Å²) in [4.78, 5) is 35.2. The summed E-state index contributed by atoms with van der Waals surface area (Å²) in [5.41, 5.74) is 4.70. The van der Waals surface area contributed by atoms with Gasteiger partial charge in [0, 0.05) is 24.4 Å². The summed E-state index contributed by atoms with van der Waals surface area (Å²) in [6.07, 6.45) is 1.50. The molecule has 0 spiro atoms. The van der Waals surface area contributed by atoms with Crippen LogP contribution in [0.4, 0.5) is 4.79 Å². The number of hydrogen-bond donors (Lipinski definition) is 3. The van der Waals surface area contributed by atoms with Gasteiger partial charge in [-0.2, -0.15) is 0 Å². The Hall–Kier alpha value is -3.35. The van der Waals surface area contributed by atoms with Crippen LogP contribution in [0.15, 0.2) is 48.5 Å². The van der Waals surface area contributed by atoms with Gasteiger partial charge in [0.05, 0.1) is 6.42 Å². The molecule has 0 saturated heterocycles. The number of benzene rings is 2. The smallest absolute Gasteiger partial charge is 0.407 e. The minimum Gasteiger partial charge on any atom is -0.481 e. The molecule has 3 rings (SSSR count). The molecule has 2 amide bonds. The monoisotopic (exact) mass is 452 g/mol. The number of fused-ring (bicyclic) bond motifs is 3. The van der Waals surface area contributed by atoms with E-state index in [4.69, 9.17) is 9.84 Å². The second kappa shape index (κ2) is 11.5. The standard InChI is InChI=1S/C26H32N2O5/c1-3-18(15-25(30)31)28-24(29)14-8-9-17(2)27-26(32)33-16-23-21-12-6-4-10-19(21)20-11-5-7-13-22(20)23/h4-7,10-13,17-18,23H,3,8-9,14-16H2,1-2H3,(H,27,32)(H,28,29)(H,30,31)/t17?,18-/m0/s1. The largest absolute Gasteiger partial charge is 0.481 e. The van der Waals surface area contributed by atoms with Gasteiger partial charge >= 0.3 is 12.1 Å². The third kappa shape index (κ3) is 6.57. The van der Waals surface area contributed by atoms with Crippen LogP contribution in [-0.2, 0) is 14.3 Å². The molecule has 1 unspecified atom stereocenters. The number of nitrogens with one attached hydrogen (secondary N) is 2. The van der Waals surface area contributed by atoms with E-state index in [2.05, 4.69) is 34.9 Å². The molecule has 3 N–H and O–H groups in total. The lowest BCUT2D eigenvalue weighted by atomic mass is 9.98. The van der Waals surface area contributed by atoms with Crippen LogP contribution in [0.25, 0.3) is 11.1 Å². The molecule has 0 aromatic heterocycles. The third-order valence-corrected chi connectivity index (χ3v) is 6.03. The number of alkyl carbamates (subject to hydrolysis) is 1. The van der Waals surface area contributed by atoms with Crippen LogP contribution in [0, 0.1) is 0 Å². The second-order valence-electron chi connectivity index (χ2n) is 8.53. The first kappa shape index (κ1) is 24.3. The van der Waals surface area contributed by atoms with Crippen molar-refractivity contribution in [3.8, 4) is 11.1 Å². The topological polar surface area (TPSA) is 105 Å². The zero-order valence-electron chi connectivity index (χ0n) is 19.2. The van der Waals surface area contributed by atoms with Crippen molar-refractivity contribution >= 4 is 18.0 Å². The number of ether oxygens (including phenoxy) is 1. The van der Waals surface area contributed by atoms with E-state index in [1.165, 1.54) is 22.3 Å². The molecule has 0 fully saturated rings. The van der Waals surface area contributed by atoms with Crippen molar-refractivity contribution in [2.24, 2.45) is 0 Å². The van der Waals surface area contributed by atoms with Crippen LogP contribution < -0.4 is 10.6 Å². The van der Waals surface area contributed by atoms with Crippen molar-refractivity contribution in [2.45, 2.75) is 64.0 Å². The number of carboxylic acid groups (broad SMARTS) is 1. The van der Waals surface area contributed by atoms with Gasteiger partial charge in [0.1, 0.15) is 6.61 Å². The Labute approximate surface area is 194 Å². The Morgan fingerprint density at radius 3 is 2.18 bits per heavy atom. The van der Waals surface area contributed by atoms with Crippen LogP contribution >= 0.6 is 0 Å². The molecule has 33 heavy (non-hydrogen) atoms. The van der Waals surface area contributed by atoms with Gasteiger partial charge in [-0.1, -0.05) is 55.5 Å². The van der Waals surface area contributed by atoms with E-state index in [0.29, 0.717) is 19.3 Å². The number of hydrogen-bond acceptors (Lipinski definition) is 4. The van der Waals surface area contributed by atoms with Gasteiger partial charge in [0.15, 0.2) is 0 Å². The fraction of sp³-hybridized carbons (Fsp3) is 0.423. The van der Waals surface area contributed by atoms with Gasteiger partial charge in [-0.15, -0.1) is 0 Å². The maximum absolute atomic E-state index is 12.3. The number of carboxylic acids is 1. The molecule has 2 aromatic carbocycles. The number of carbonyl (C=O) groups is 3. The van der Waals surface area contributed by atoms with E-state index in [1.807, 2.05) is 38.1 Å². The molecule has 0 aliphatic heterocycles. The molecule has 7 nitrogen and oxygen atoms in total. The first-order valence-electron chi connectivity index (χ1n) is 11.5. The molecule has 1 aliphatic rings. The quantitative estimate of drug-likeness (QED) is 0.467. The highest BCUT2D eigenvalue weighted by molar-refractivity contribution is 5.79. The van der Waals surface area contributed by atoms with E-state index in [0.717, 1.165) is 0 Å². The average molecular weight is 453 g/mol. The Balaban J connectivity index is 1.41. The van der Waals surface area contributed by atoms with Crippen molar-refractivity contribution in [1.82, 2.24) is 10.6 Å². The lowest BCUT2D eigenvalue weighted by molar-refractivity contribution is -0.137. The minimum atomic E-state index is -0.928. The molecular formula is C26H32N2O5. The maximum atomic E-state index is 12.3. The van der Waals surface area contributed by atoms with Crippen molar-refractivity contribution in [2.75, 3.05) is 6.61 Å². The highest BCUT2D eigenvalue weighted by Crippen LogP contribution is 2.44. The lowest BCUT2D eigenvalue weighted by Gasteiger charge is -2.18. The summed E-state index contributed by atoms with van der Waals surface area (Å²) in [6, 6.07) is 15.9. The molecule has 0 heterocycles. The fourth-order valence-corrected chi connectivity index (χ4v) is 4.29. The summed E-state index contributed by atoms with van der Waals surface area (Å²) in [7, 11) is 0. The Kier molecular flexibility index (Phi) is 8.46. The normalized spacial score (nSPS) is 14.0. The summed E-state index contributed by atoms with van der Waals surface area (Å²) in [5, 5.41) is 14.4. The van der Waals surface area contributed by atoms with E-state index < -0.39 is 12.1 Å². The zero-order valence-corrected chi connectivity index (χ0v) is 19.2. The van der Waals surface area contributed by atoms with Crippen LogP contribution in [-0.4, -0.2) is 41.8 Å². The number of carbonyl (C=O) groups excluding carboxylic acids is 2. The van der Waals surface area contributed by atoms with Crippen molar-refractivity contribution in [3.05, 3.63) is 59.7 Å². The second-order valence-corrected chi connectivity index (χ2v) is 8.53. The predicted octanol–water partition coefficient (Wildman–Crippen LogP) is 4.45. The van der Waals surface area contributed by atoms with Gasteiger partial charge in [-0.3, -0.25) is 9.59 Å². The van der Waals surface area contributed by atoms with Crippen LogP contribution in [0.2, 0.25) is 0 Å². The molecule has 0 saturated carbocycles. The van der Waals surface area contributed by atoms with Gasteiger partial charge in [0.2, 0.25) is 5.91 Å². The van der Waals surface area contributed by atoms with E-state index >= 15 is 0 Å². The average Bonchev–Trinajstić information content (AvgIpc) is 3.10. The third-order valence-electron chi connectivity index (χ3n) is 6.03. The zero-order chi connectivity index (χ0) is 23.8. The molecule has 2 atom stereocenters. The Morgan fingerprint density at radius 1 is 1.00 bits per heavy atom. The Bertz CT molecular complexity index is 945. The van der Waals surface area contributed by atoms with E-state index in [9.17, 15) is 14.4 Å². The molecule has 2 aromatic rings. The van der Waals surface area contributed by atoms with Gasteiger partial charge < -0.3 is 20.5 Å². The highest BCUT2D eigenvalue weighted by Gasteiger charge is 2.29. The summed E-state index contributed by atoms with van der Waals surface area (Å²) in [6.45, 7) is 3.98. The SMILES string of the molecule is CC[C@@H](CC(=O)O)NC(=O)CCCC(C)NC(=O)OCC1c2ccccc2-c2ccccc21. The number of amides is 2. The number of rotatable bonds is 11. The van der Waals surface area contributed by atoms with Gasteiger partial charge in [0.25, 0.3) is 0 Å². The molecular weight excluding hydrogens is 420 g/mol. The van der Waals surface area contributed by atoms with E-state index in [-0.39, 0.29) is 43.4 Å². The molecule has 0 bridgehead atoms. The van der Waals surface area contributed by atoms with E-state index in [1.54, 1.807) is 0 Å². The van der Waals surface area contributed by atoms with Crippen LogP contribution in [0.1, 0.15) is 63.0 Å². The minimum absolute atomic E-state index is 0.0134. The van der Waals surface area contributed by atoms with Gasteiger partial charge in [-0.05, 0) is 48.4 Å².